The zero-order valence-electron chi connectivity index (χ0n) is 7.83. The van der Waals surface area contributed by atoms with Crippen LogP contribution in [0.3, 0.4) is 0 Å². The van der Waals surface area contributed by atoms with Crippen molar-refractivity contribution in [1.82, 2.24) is 4.98 Å². The molecule has 0 saturated heterocycles. The van der Waals surface area contributed by atoms with Crippen molar-refractivity contribution in [1.29, 1.82) is 0 Å². The number of carboxylic acid groups (broad SMARTS) is 1. The molecule has 0 bridgehead atoms. The summed E-state index contributed by atoms with van der Waals surface area (Å²) >= 11 is 0. The van der Waals surface area contributed by atoms with Crippen molar-refractivity contribution in [2.75, 3.05) is 7.11 Å². The molecule has 0 radical (unpaired) electrons. The van der Waals surface area contributed by atoms with Gasteiger partial charge in [0.15, 0.2) is 0 Å². The largest absolute Gasteiger partial charge is 1.00 e. The van der Waals surface area contributed by atoms with E-state index in [0.29, 0.717) is 0 Å². The smallest absolute Gasteiger partial charge is 0.603 e. The van der Waals surface area contributed by atoms with Crippen LogP contribution in [0.1, 0.15) is 10.4 Å². The third kappa shape index (κ3) is 3.89. The van der Waals surface area contributed by atoms with Crippen LogP contribution in [-0.2, 0) is 0 Å². The first kappa shape index (κ1) is 15.1. The van der Waals surface area contributed by atoms with E-state index in [-0.39, 0.29) is 49.2 Å². The molecule has 0 saturated carbocycles. The average molecular weight is 165 g/mol. The Balaban J connectivity index is 0. The van der Waals surface area contributed by atoms with Gasteiger partial charge in [-0.25, -0.2) is 0 Å². The van der Waals surface area contributed by atoms with E-state index in [1.165, 1.54) is 19.4 Å². The summed E-state index contributed by atoms with van der Waals surface area (Å²) in [6.45, 7) is 0. The first-order chi connectivity index (χ1) is 5.25. The van der Waals surface area contributed by atoms with Gasteiger partial charge in [-0.3, -0.25) is 0 Å². The number of methoxy groups -OCH3 is 1. The Hall–Kier alpha value is -0.385. The van der Waals surface area contributed by atoms with Crippen molar-refractivity contribution in [3.05, 3.63) is 23.9 Å². The van der Waals surface area contributed by atoms with Crippen LogP contribution < -0.4 is 47.6 Å². The molecule has 0 aliphatic carbocycles. The summed E-state index contributed by atoms with van der Waals surface area (Å²) in [4.78, 5) is 14.0. The Morgan fingerprint density at radius 2 is 2.23 bits per heavy atom. The molecule has 0 unspecified atom stereocenters. The van der Waals surface area contributed by atoms with Gasteiger partial charge in [0.2, 0.25) is 0 Å². The Labute approximate surface area is 100 Å². The summed E-state index contributed by atoms with van der Waals surface area (Å²) in [5.74, 6) is -1.32. The fraction of sp³-hybridized carbons (Fsp3) is 0.143. The van der Waals surface area contributed by atoms with Gasteiger partial charge in [-0.1, -0.05) is 11.8 Å². The second-order valence-corrected chi connectivity index (χ2v) is 1.76. The number of aromatic nitrogens is 1. The van der Waals surface area contributed by atoms with Crippen LogP contribution in [0.4, 0.5) is 0 Å². The van der Waals surface area contributed by atoms with Gasteiger partial charge in [0, 0.05) is 0 Å². The summed E-state index contributed by atoms with van der Waals surface area (Å²) in [6.07, 6.45) is 1.39. The number of rotatable bonds is 2. The molecule has 0 N–H and O–H groups in total. The van der Waals surface area contributed by atoms with Crippen LogP contribution in [0.2, 0.25) is 0 Å². The molecule has 1 rings (SSSR count). The first-order valence-corrected chi connectivity index (χ1v) is 2.87. The van der Waals surface area contributed by atoms with E-state index in [1.54, 1.807) is 0 Å². The topological polar surface area (TPSA) is 62.2 Å². The van der Waals surface area contributed by atoms with Crippen LogP contribution in [0, 0.1) is 6.07 Å². The third-order valence-electron chi connectivity index (χ3n) is 1.11. The second kappa shape index (κ2) is 7.06. The van der Waals surface area contributed by atoms with Crippen LogP contribution in [0.25, 0.3) is 0 Å². The van der Waals surface area contributed by atoms with Gasteiger partial charge in [0.1, 0.15) is 5.88 Å². The fourth-order valence-corrected chi connectivity index (χ4v) is 0.653. The molecule has 1 heterocycles. The minimum Gasteiger partial charge on any atom is -0.603 e. The number of carboxylic acids is 1. The molecule has 0 aliphatic heterocycles. The zero-order chi connectivity index (χ0) is 8.27. The van der Waals surface area contributed by atoms with E-state index in [2.05, 4.69) is 15.8 Å². The predicted molar refractivity (Wildman–Crippen MR) is 34.0 cm³/mol. The Morgan fingerprint density at radius 3 is 2.62 bits per heavy atom. The number of carbonyl (C=O) groups excluding carboxylic acids is 1. The Kier molecular flexibility index (Phi) is 8.20. The molecule has 0 aliphatic rings. The number of hydrogen-bond acceptors (Lipinski definition) is 4. The molecule has 0 atom stereocenters. The maximum atomic E-state index is 10.3. The summed E-state index contributed by atoms with van der Waals surface area (Å²) in [5.41, 5.74) is -0.157. The molecule has 0 spiro atoms. The van der Waals surface area contributed by atoms with E-state index >= 15 is 0 Å². The summed E-state index contributed by atoms with van der Waals surface area (Å²) in [6, 6.07) is 3.82. The summed E-state index contributed by atoms with van der Waals surface area (Å²) in [7, 11) is 1.34. The van der Waals surface area contributed by atoms with Gasteiger partial charge in [-0.05, 0) is 5.97 Å². The number of aromatic carboxylic acids is 1. The molecule has 13 heavy (non-hydrogen) atoms. The summed E-state index contributed by atoms with van der Waals surface area (Å²) < 4.78 is 4.64. The predicted octanol–water partition coefficient (Wildman–Crippen LogP) is -6.74. The quantitative estimate of drug-likeness (QED) is 0.323. The van der Waals surface area contributed by atoms with Gasteiger partial charge in [-0.2, -0.15) is 0 Å². The molecular weight excluding hydrogens is 160 g/mol. The van der Waals surface area contributed by atoms with Crippen molar-refractivity contribution < 1.29 is 52.4 Å². The number of nitrogens with zero attached hydrogens (tertiary/aromatic N) is 1. The SMILES string of the molecule is COc1ncc[c-]c1C(=O)[O-].[Li+].[Li+]. The van der Waals surface area contributed by atoms with E-state index in [9.17, 15) is 9.90 Å². The minimum atomic E-state index is -1.34. The van der Waals surface area contributed by atoms with Gasteiger partial charge in [0.05, 0.1) is 7.11 Å². The average Bonchev–Trinajstić information content (AvgIpc) is 2.04. The van der Waals surface area contributed by atoms with Gasteiger partial charge >= 0.3 is 37.7 Å². The van der Waals surface area contributed by atoms with Gasteiger partial charge in [-0.15, -0.1) is 12.1 Å². The monoisotopic (exact) mass is 165 g/mol. The minimum absolute atomic E-state index is 0. The van der Waals surface area contributed by atoms with Gasteiger partial charge in [0.25, 0.3) is 0 Å². The van der Waals surface area contributed by atoms with E-state index < -0.39 is 5.97 Å². The van der Waals surface area contributed by atoms with Crippen LogP contribution in [0.5, 0.6) is 5.88 Å². The van der Waals surface area contributed by atoms with E-state index in [0.717, 1.165) is 0 Å². The zero-order valence-corrected chi connectivity index (χ0v) is 7.83. The van der Waals surface area contributed by atoms with Crippen LogP contribution in [-0.4, -0.2) is 18.1 Å². The Morgan fingerprint density at radius 1 is 1.62 bits per heavy atom. The molecule has 0 amide bonds. The van der Waals surface area contributed by atoms with E-state index in [4.69, 9.17) is 0 Å². The number of pyridine rings is 1. The molecule has 4 nitrogen and oxygen atoms in total. The second-order valence-electron chi connectivity index (χ2n) is 1.76. The van der Waals surface area contributed by atoms with Crippen molar-refractivity contribution >= 4 is 5.97 Å². The third-order valence-corrected chi connectivity index (χ3v) is 1.11. The molecule has 0 aromatic carbocycles. The molecule has 58 valence electrons. The molecule has 1 aromatic heterocycles. The molecular formula is C7H5Li2NO3. The van der Waals surface area contributed by atoms with Crippen LogP contribution in [0.15, 0.2) is 12.3 Å². The normalized spacial score (nSPS) is 7.77. The maximum absolute atomic E-state index is 10.3. The maximum Gasteiger partial charge on any atom is 1.00 e. The number of ether oxygens (including phenoxy) is 1. The van der Waals surface area contributed by atoms with Crippen molar-refractivity contribution in [2.24, 2.45) is 0 Å². The Bertz CT molecular complexity index is 280. The van der Waals surface area contributed by atoms with Crippen molar-refractivity contribution in [3.8, 4) is 5.88 Å². The first-order valence-electron chi connectivity index (χ1n) is 2.87. The van der Waals surface area contributed by atoms with E-state index in [1.807, 2.05) is 0 Å². The molecule has 6 heteroatoms. The number of carbonyl (C=O) groups is 1. The molecule has 0 fully saturated rings. The van der Waals surface area contributed by atoms with Gasteiger partial charge < -0.3 is 19.6 Å². The van der Waals surface area contributed by atoms with Crippen molar-refractivity contribution in [2.45, 2.75) is 0 Å². The van der Waals surface area contributed by atoms with Crippen LogP contribution >= 0.6 is 0 Å². The molecule has 1 aromatic rings. The standard InChI is InChI=1S/C7H6NO3.2Li/c1-11-6-5(7(9)10)3-2-4-8-6;;/h2,4H,1H3,(H,9,10);;/q-1;2*+1/p-1. The number of hydrogen-bond donors (Lipinski definition) is 0. The summed E-state index contributed by atoms with van der Waals surface area (Å²) in [5, 5.41) is 10.3. The van der Waals surface area contributed by atoms with Crippen molar-refractivity contribution in [3.63, 3.8) is 0 Å². The fourth-order valence-electron chi connectivity index (χ4n) is 0.653.